The van der Waals surface area contributed by atoms with Gasteiger partial charge >= 0.3 is 0 Å². The van der Waals surface area contributed by atoms with Crippen molar-refractivity contribution < 1.29 is 0 Å². The average Bonchev–Trinajstić information content (AvgIpc) is 2.75. The quantitative estimate of drug-likeness (QED) is 0.488. The second-order valence-corrected chi connectivity index (χ2v) is 21.3. The van der Waals surface area contributed by atoms with E-state index in [0.29, 0.717) is 0 Å². The van der Waals surface area contributed by atoms with E-state index in [1.807, 2.05) is 0 Å². The van der Waals surface area contributed by atoms with Crippen LogP contribution in [0.15, 0.2) is 0 Å². The highest BCUT2D eigenvalue weighted by Gasteiger charge is 3.57. The molecule has 20 rings (SSSR count). The normalized spacial score (nSPS) is 124. The van der Waals surface area contributed by atoms with Crippen LogP contribution < -0.4 is 0 Å². The van der Waals surface area contributed by atoms with Crippen molar-refractivity contribution in [2.24, 2.45) is 158 Å². The van der Waals surface area contributed by atoms with Gasteiger partial charge in [-0.1, -0.05) is 34.6 Å². The molecule has 0 heteroatoms. The summed E-state index contributed by atoms with van der Waals surface area (Å²) >= 11 is 0. The van der Waals surface area contributed by atoms with Gasteiger partial charge in [0.05, 0.1) is 0 Å². The van der Waals surface area contributed by atoms with Crippen LogP contribution in [0.25, 0.3) is 0 Å². The van der Waals surface area contributed by atoms with Crippen molar-refractivity contribution in [2.45, 2.75) is 47.5 Å². The topological polar surface area (TPSA) is 0 Å². The molecule has 0 radical (unpaired) electrons. The number of fused-ring (bicyclic) bond motifs is 10. The van der Waals surface area contributed by atoms with Crippen molar-refractivity contribution in [3.05, 3.63) is 0 Å². The van der Waals surface area contributed by atoms with Crippen molar-refractivity contribution in [1.82, 2.24) is 0 Å². The molecule has 24 unspecified atom stereocenters. The Hall–Kier alpha value is 0. The van der Waals surface area contributed by atoms with Gasteiger partial charge in [0.2, 0.25) is 0 Å². The van der Waals surface area contributed by atoms with Crippen LogP contribution in [0.1, 0.15) is 47.5 Å². The van der Waals surface area contributed by atoms with E-state index in [2.05, 4.69) is 34.6 Å². The predicted octanol–water partition coefficient (Wildman–Crippen LogP) is 4.94. The maximum Gasteiger partial charge on any atom is -0.000763 e. The largest absolute Gasteiger partial charge is 0.0616 e. The minimum atomic E-state index is 0.745. The number of hydrogen-bond donors (Lipinski definition) is 0. The van der Waals surface area contributed by atoms with E-state index in [1.165, 1.54) is 65.1 Å². The zero-order chi connectivity index (χ0) is 21.4. The maximum atomic E-state index is 3.03. The summed E-state index contributed by atoms with van der Waals surface area (Å²) < 4.78 is 0. The number of hydrogen-bond acceptors (Lipinski definition) is 0. The molecule has 20 saturated carbocycles. The monoisotopic (exact) mass is 452 g/mol. The molecule has 0 aromatic rings. The van der Waals surface area contributed by atoms with Crippen LogP contribution >= 0.6 is 0 Å². The van der Waals surface area contributed by atoms with Gasteiger partial charge in [0, 0.05) is 0 Å². The molecule has 0 bridgehead atoms. The smallest absolute Gasteiger partial charge is 0.000763 e. The lowest BCUT2D eigenvalue weighted by Crippen LogP contribution is -3.55. The van der Waals surface area contributed by atoms with Gasteiger partial charge in [-0.25, -0.2) is 0 Å². The highest BCUT2D eigenvalue weighted by Crippen LogP contribution is 3.58. The summed E-state index contributed by atoms with van der Waals surface area (Å²) in [5.41, 5.74) is 14.4. The first kappa shape index (κ1) is 13.9. The van der Waals surface area contributed by atoms with E-state index < -0.39 is 0 Å². The molecule has 28 atom stereocenters. The van der Waals surface area contributed by atoms with E-state index >= 15 is 0 Å². The third-order valence-corrected chi connectivity index (χ3v) is 27.9. The molecule has 0 amide bonds. The average molecular weight is 453 g/mol. The Labute approximate surface area is 205 Å². The predicted molar refractivity (Wildman–Crippen MR) is 119 cm³/mol. The molecular formula is C35H32. The third kappa shape index (κ3) is 0.332. The second kappa shape index (κ2) is 2.16. The Bertz CT molecular complexity index is 1640. The summed E-state index contributed by atoms with van der Waals surface area (Å²) in [6.45, 7) is 14.7. The summed E-state index contributed by atoms with van der Waals surface area (Å²) in [4.78, 5) is 0. The lowest BCUT2D eigenvalue weighted by atomic mass is 8.46. The molecule has 0 aromatic carbocycles. The molecule has 12 spiro atoms. The van der Waals surface area contributed by atoms with Gasteiger partial charge in [-0.3, -0.25) is 0 Å². The maximum absolute atomic E-state index is 3.03. The molecule has 20 aliphatic carbocycles. The molecule has 0 aliphatic heterocycles. The zero-order valence-corrected chi connectivity index (χ0v) is 21.4. The first-order valence-corrected chi connectivity index (χ1v) is 16.9. The summed E-state index contributed by atoms with van der Waals surface area (Å²) in [5, 5.41) is 0. The fourth-order valence-corrected chi connectivity index (χ4v) is 33.3. The molecule has 0 aromatic heterocycles. The summed E-state index contributed by atoms with van der Waals surface area (Å²) in [6, 6.07) is 0. The third-order valence-electron chi connectivity index (χ3n) is 27.9. The minimum absolute atomic E-state index is 0.745. The fourth-order valence-electron chi connectivity index (χ4n) is 33.3. The molecule has 20 aliphatic rings. The van der Waals surface area contributed by atoms with Gasteiger partial charge in [-0.15, -0.1) is 0 Å². The van der Waals surface area contributed by atoms with Crippen LogP contribution in [0.5, 0.6) is 0 Å². The van der Waals surface area contributed by atoms with E-state index in [1.54, 1.807) is 12.8 Å². The van der Waals surface area contributed by atoms with E-state index in [9.17, 15) is 0 Å². The molecule has 0 nitrogen and oxygen atoms in total. The molecule has 0 saturated heterocycles. The Kier molecular flexibility index (Phi) is 0.855. The Morgan fingerprint density at radius 2 is 0.914 bits per heavy atom. The van der Waals surface area contributed by atoms with Crippen molar-refractivity contribution >= 4 is 0 Å². The van der Waals surface area contributed by atoms with E-state index in [0.717, 1.165) is 93.1 Å². The van der Waals surface area contributed by atoms with Gasteiger partial charge < -0.3 is 0 Å². The van der Waals surface area contributed by atoms with Crippen LogP contribution in [-0.4, -0.2) is 0 Å². The molecular weight excluding hydrogens is 420 g/mol. The van der Waals surface area contributed by atoms with Gasteiger partial charge in [-0.05, 0) is 171 Å². The van der Waals surface area contributed by atoms with Crippen LogP contribution in [0.4, 0.5) is 0 Å². The van der Waals surface area contributed by atoms with Crippen LogP contribution in [0, 0.1) is 158 Å². The molecule has 35 heavy (non-hydrogen) atoms. The highest BCUT2D eigenvalue weighted by atomic mass is 15.6. The fraction of sp³-hybridized carbons (Fsp3) is 1.00. The van der Waals surface area contributed by atoms with E-state index in [4.69, 9.17) is 0 Å². The number of rotatable bonds is 0. The van der Waals surface area contributed by atoms with Crippen molar-refractivity contribution in [3.8, 4) is 0 Å². The first-order valence-electron chi connectivity index (χ1n) is 16.9. The highest BCUT2D eigenvalue weighted by molar-refractivity contribution is 6.01. The Morgan fingerprint density at radius 1 is 0.429 bits per heavy atom. The van der Waals surface area contributed by atoms with Gasteiger partial charge in [0.15, 0.2) is 0 Å². The van der Waals surface area contributed by atoms with Crippen molar-refractivity contribution in [3.63, 3.8) is 0 Å². The first-order chi connectivity index (χ1) is 16.9. The summed E-state index contributed by atoms with van der Waals surface area (Å²) in [5.74, 6) is 16.4. The van der Waals surface area contributed by atoms with E-state index in [-0.39, 0.29) is 0 Å². The Balaban J connectivity index is 1.08. The van der Waals surface area contributed by atoms with Crippen LogP contribution in [0.3, 0.4) is 0 Å². The SMILES string of the molecule is C[C@@H]1C2C3C4C5CC6C7C8CC9C%10C%11C%12[C@H](C)[C@]%13(C)C%12%14C%11%12C%10%11C89C78C65C45C34C%12(C85%11)C%143C24[C@@]1(C)C3%13C. The standard InChI is InChI=1S/C35H32/c1-8-14-19-17-12-6-10-16-11-7-13-18-20-15-9(2)22(4)23(5)21(8,3)26(14)31(19)29(17)24(10,12)28(16)25(11,13)30(18)32(20)27(15,22)33(23,26)35(31,32)34(28,29)30/h8-20H,6-7H2,1-5H3/t8-,9+,10?,11?,12?,13?,14?,15?,16?,17?,18?,19?,20?,21-,22+,23?,24?,25?,26?,27?,28?,29?,30?,31?,32?,33?,34?,35?. The summed E-state index contributed by atoms with van der Waals surface area (Å²) in [7, 11) is 0. The second-order valence-electron chi connectivity index (χ2n) is 21.3. The lowest BCUT2D eigenvalue weighted by molar-refractivity contribution is -1.12. The van der Waals surface area contributed by atoms with Gasteiger partial charge in [0.1, 0.15) is 0 Å². The molecule has 0 N–H and O–H groups in total. The molecule has 0 heterocycles. The van der Waals surface area contributed by atoms with Crippen molar-refractivity contribution in [1.29, 1.82) is 0 Å². The molecule has 172 valence electrons. The Morgan fingerprint density at radius 3 is 1.43 bits per heavy atom. The minimum Gasteiger partial charge on any atom is -0.0616 e. The van der Waals surface area contributed by atoms with Crippen LogP contribution in [0.2, 0.25) is 0 Å². The molecule has 20 fully saturated rings. The van der Waals surface area contributed by atoms with Crippen LogP contribution in [-0.2, 0) is 0 Å². The van der Waals surface area contributed by atoms with Gasteiger partial charge in [0.25, 0.3) is 0 Å². The lowest BCUT2D eigenvalue weighted by Gasteiger charge is -3.56. The summed E-state index contributed by atoms with van der Waals surface area (Å²) in [6.07, 6.45) is 3.54. The van der Waals surface area contributed by atoms with Crippen molar-refractivity contribution in [2.75, 3.05) is 0 Å². The van der Waals surface area contributed by atoms with Gasteiger partial charge in [-0.2, -0.15) is 0 Å². The zero-order valence-electron chi connectivity index (χ0n) is 21.4.